The van der Waals surface area contributed by atoms with Crippen molar-refractivity contribution < 1.29 is 9.21 Å². The third-order valence-corrected chi connectivity index (χ3v) is 2.95. The summed E-state index contributed by atoms with van der Waals surface area (Å²) >= 11 is 0. The predicted octanol–water partition coefficient (Wildman–Crippen LogP) is 3.37. The van der Waals surface area contributed by atoms with E-state index in [1.54, 1.807) is 6.20 Å². The number of carbonyl (C=O) groups excluding carboxylic acids is 1. The van der Waals surface area contributed by atoms with Crippen molar-refractivity contribution in [2.45, 2.75) is 40.2 Å². The van der Waals surface area contributed by atoms with Crippen LogP contribution in [0.5, 0.6) is 0 Å². The van der Waals surface area contributed by atoms with Gasteiger partial charge in [-0.1, -0.05) is 13.3 Å². The minimum Gasteiger partial charge on any atom is -0.466 e. The Kier molecular flexibility index (Phi) is 3.65. The first kappa shape index (κ1) is 12.6. The van der Waals surface area contributed by atoms with Crippen LogP contribution in [0.3, 0.4) is 0 Å². The molecule has 0 aliphatic heterocycles. The number of aryl methyl sites for hydroxylation is 3. The van der Waals surface area contributed by atoms with Crippen LogP contribution in [-0.2, 0) is 6.54 Å². The van der Waals surface area contributed by atoms with Gasteiger partial charge in [0.25, 0.3) is 0 Å². The van der Waals surface area contributed by atoms with Gasteiger partial charge in [0.2, 0.25) is 0 Å². The van der Waals surface area contributed by atoms with E-state index in [4.69, 9.17) is 4.42 Å². The summed E-state index contributed by atoms with van der Waals surface area (Å²) in [5.74, 6) is 1.64. The van der Waals surface area contributed by atoms with Crippen molar-refractivity contribution in [3.05, 3.63) is 29.3 Å². The molecule has 0 saturated carbocycles. The largest absolute Gasteiger partial charge is 0.466 e. The summed E-state index contributed by atoms with van der Waals surface area (Å²) in [6.07, 6.45) is 4.82. The molecule has 0 saturated heterocycles. The zero-order valence-corrected chi connectivity index (χ0v) is 11.1. The number of carbonyl (C=O) groups is 1. The van der Waals surface area contributed by atoms with E-state index in [-0.39, 0.29) is 0 Å². The summed E-state index contributed by atoms with van der Waals surface area (Å²) in [6, 6.07) is 1.93. The van der Waals surface area contributed by atoms with E-state index >= 15 is 0 Å². The van der Waals surface area contributed by atoms with Crippen LogP contribution >= 0.6 is 0 Å². The molecule has 0 radical (unpaired) electrons. The molecule has 0 fully saturated rings. The molecule has 4 nitrogen and oxygen atoms in total. The maximum absolute atomic E-state index is 11.1. The van der Waals surface area contributed by atoms with Crippen LogP contribution in [-0.4, -0.2) is 16.1 Å². The first-order valence-corrected chi connectivity index (χ1v) is 6.25. The minimum absolute atomic E-state index is 0.620. The highest BCUT2D eigenvalue weighted by Gasteiger charge is 2.15. The molecule has 0 amide bonds. The van der Waals surface area contributed by atoms with Crippen LogP contribution in [0, 0.1) is 13.8 Å². The lowest BCUT2D eigenvalue weighted by molar-refractivity contribution is 0.112. The second-order valence-corrected chi connectivity index (χ2v) is 4.49. The van der Waals surface area contributed by atoms with Gasteiger partial charge in [-0.3, -0.25) is 9.48 Å². The molecule has 96 valence electrons. The second kappa shape index (κ2) is 5.21. The molecule has 2 aromatic heterocycles. The number of furan rings is 1. The van der Waals surface area contributed by atoms with Crippen molar-refractivity contribution in [3.8, 4) is 11.3 Å². The molecule has 0 aromatic carbocycles. The molecule has 2 rings (SSSR count). The molecule has 2 aromatic rings. The van der Waals surface area contributed by atoms with Gasteiger partial charge in [0, 0.05) is 18.3 Å². The van der Waals surface area contributed by atoms with Gasteiger partial charge in [-0.25, -0.2) is 0 Å². The summed E-state index contributed by atoms with van der Waals surface area (Å²) in [5, 5.41) is 4.49. The van der Waals surface area contributed by atoms with Crippen LogP contribution in [0.1, 0.15) is 41.6 Å². The Balaban J connectivity index is 2.40. The highest BCUT2D eigenvalue weighted by atomic mass is 16.3. The van der Waals surface area contributed by atoms with Gasteiger partial charge in [0.05, 0.1) is 5.56 Å². The third-order valence-electron chi connectivity index (χ3n) is 2.95. The number of aromatic nitrogens is 2. The zero-order chi connectivity index (χ0) is 13.1. The maximum Gasteiger partial charge on any atom is 0.153 e. The molecule has 0 N–H and O–H groups in total. The number of rotatable bonds is 5. The zero-order valence-electron chi connectivity index (χ0n) is 11.1. The lowest BCUT2D eigenvalue weighted by atomic mass is 10.1. The summed E-state index contributed by atoms with van der Waals surface area (Å²) < 4.78 is 7.33. The monoisotopic (exact) mass is 246 g/mol. The van der Waals surface area contributed by atoms with Crippen molar-refractivity contribution in [3.63, 3.8) is 0 Å². The fourth-order valence-electron chi connectivity index (χ4n) is 2.03. The van der Waals surface area contributed by atoms with Crippen LogP contribution in [0.15, 0.2) is 16.7 Å². The molecule has 0 aliphatic rings. The standard InChI is InChI=1S/C14H18N2O2/c1-4-5-6-16-8-12(9-17)14(15-16)13-7-10(2)18-11(13)3/h7-9H,4-6H2,1-3H3. The first-order chi connectivity index (χ1) is 8.65. The normalized spacial score (nSPS) is 10.8. The van der Waals surface area contributed by atoms with Gasteiger partial charge in [0.15, 0.2) is 6.29 Å². The van der Waals surface area contributed by atoms with Gasteiger partial charge in [-0.15, -0.1) is 0 Å². The number of aldehydes is 1. The lowest BCUT2D eigenvalue weighted by Crippen LogP contribution is -1.97. The molecule has 0 aliphatic carbocycles. The Morgan fingerprint density at radius 1 is 1.44 bits per heavy atom. The second-order valence-electron chi connectivity index (χ2n) is 4.49. The number of nitrogens with zero attached hydrogens (tertiary/aromatic N) is 2. The van der Waals surface area contributed by atoms with Crippen LogP contribution < -0.4 is 0 Å². The first-order valence-electron chi connectivity index (χ1n) is 6.25. The van der Waals surface area contributed by atoms with Gasteiger partial charge in [-0.2, -0.15) is 5.10 Å². The van der Waals surface area contributed by atoms with Crippen molar-refractivity contribution in [2.24, 2.45) is 0 Å². The van der Waals surface area contributed by atoms with Crippen LogP contribution in [0.25, 0.3) is 11.3 Å². The molecular weight excluding hydrogens is 228 g/mol. The van der Waals surface area contributed by atoms with Gasteiger partial charge < -0.3 is 4.42 Å². The average molecular weight is 246 g/mol. The SMILES string of the molecule is CCCCn1cc(C=O)c(-c2cc(C)oc2C)n1. The smallest absolute Gasteiger partial charge is 0.153 e. The number of hydrogen-bond acceptors (Lipinski definition) is 3. The van der Waals surface area contributed by atoms with Crippen LogP contribution in [0.4, 0.5) is 0 Å². The Morgan fingerprint density at radius 3 is 2.78 bits per heavy atom. The average Bonchev–Trinajstić information content (AvgIpc) is 2.89. The van der Waals surface area contributed by atoms with E-state index in [0.29, 0.717) is 5.56 Å². The highest BCUT2D eigenvalue weighted by Crippen LogP contribution is 2.27. The topological polar surface area (TPSA) is 48.0 Å². The molecule has 2 heterocycles. The molecule has 18 heavy (non-hydrogen) atoms. The summed E-state index contributed by atoms with van der Waals surface area (Å²) in [7, 11) is 0. The van der Waals surface area contributed by atoms with E-state index in [1.165, 1.54) is 0 Å². The summed E-state index contributed by atoms with van der Waals surface area (Å²) in [4.78, 5) is 11.1. The number of hydrogen-bond donors (Lipinski definition) is 0. The Hall–Kier alpha value is -1.84. The summed E-state index contributed by atoms with van der Waals surface area (Å²) in [5.41, 5.74) is 2.25. The quantitative estimate of drug-likeness (QED) is 0.760. The third kappa shape index (κ3) is 2.37. The van der Waals surface area contributed by atoms with Gasteiger partial charge >= 0.3 is 0 Å². The Labute approximate surface area is 107 Å². The van der Waals surface area contributed by atoms with E-state index in [9.17, 15) is 4.79 Å². The van der Waals surface area contributed by atoms with Crippen molar-refractivity contribution in [2.75, 3.05) is 0 Å². The Bertz CT molecular complexity index is 552. The van der Waals surface area contributed by atoms with E-state index in [1.807, 2.05) is 24.6 Å². The molecular formula is C14H18N2O2. The molecule has 0 unspecified atom stereocenters. The Morgan fingerprint density at radius 2 is 2.22 bits per heavy atom. The molecule has 4 heteroatoms. The molecule has 0 spiro atoms. The van der Waals surface area contributed by atoms with Crippen molar-refractivity contribution in [1.29, 1.82) is 0 Å². The minimum atomic E-state index is 0.620. The van der Waals surface area contributed by atoms with Crippen molar-refractivity contribution in [1.82, 2.24) is 9.78 Å². The fourth-order valence-corrected chi connectivity index (χ4v) is 2.03. The maximum atomic E-state index is 11.1. The molecule has 0 atom stereocenters. The van der Waals surface area contributed by atoms with Crippen LogP contribution in [0.2, 0.25) is 0 Å². The van der Waals surface area contributed by atoms with E-state index < -0.39 is 0 Å². The van der Waals surface area contributed by atoms with Crippen molar-refractivity contribution >= 4 is 6.29 Å². The van der Waals surface area contributed by atoms with E-state index in [0.717, 1.165) is 48.5 Å². The highest BCUT2D eigenvalue weighted by molar-refractivity contribution is 5.85. The fraction of sp³-hybridized carbons (Fsp3) is 0.429. The molecule has 0 bridgehead atoms. The lowest BCUT2D eigenvalue weighted by Gasteiger charge is -1.98. The number of unbranched alkanes of at least 4 members (excludes halogenated alkanes) is 1. The van der Waals surface area contributed by atoms with E-state index in [2.05, 4.69) is 12.0 Å². The summed E-state index contributed by atoms with van der Waals surface area (Å²) in [6.45, 7) is 6.76. The van der Waals surface area contributed by atoms with Gasteiger partial charge in [-0.05, 0) is 26.3 Å². The van der Waals surface area contributed by atoms with Gasteiger partial charge in [0.1, 0.15) is 17.2 Å². The predicted molar refractivity (Wildman–Crippen MR) is 69.7 cm³/mol.